The Morgan fingerprint density at radius 1 is 0.253 bits per heavy atom. The molecule has 2 aliphatic heterocycles. The highest BCUT2D eigenvalue weighted by Gasteiger charge is 2.45. The quantitative estimate of drug-likeness (QED) is 0.116. The van der Waals surface area contributed by atoms with Gasteiger partial charge in [0.05, 0.1) is 11.4 Å². The van der Waals surface area contributed by atoms with Gasteiger partial charge in [0.2, 0.25) is 0 Å². The number of rotatable bonds is 7. The van der Waals surface area contributed by atoms with Gasteiger partial charge in [-0.2, -0.15) is 0 Å². The van der Waals surface area contributed by atoms with Crippen LogP contribution in [0.25, 0.3) is 77.2 Å². The molecule has 0 saturated heterocycles. The Labute approximate surface area is 491 Å². The van der Waals surface area contributed by atoms with E-state index in [1.54, 1.807) is 0 Å². The Balaban J connectivity index is 1.13. The smallest absolute Gasteiger partial charge is 0.252 e. The summed E-state index contributed by atoms with van der Waals surface area (Å²) in [6, 6.07) is 96.6. The second-order valence-electron chi connectivity index (χ2n) is 26.1. The van der Waals surface area contributed by atoms with Gasteiger partial charge in [-0.1, -0.05) is 269 Å². The fourth-order valence-electron chi connectivity index (χ4n) is 13.4. The van der Waals surface area contributed by atoms with E-state index >= 15 is 0 Å². The van der Waals surface area contributed by atoms with Crippen LogP contribution in [0.3, 0.4) is 0 Å². The molecule has 0 N–H and O–H groups in total. The van der Waals surface area contributed by atoms with Crippen molar-refractivity contribution in [3.8, 4) is 55.6 Å². The van der Waals surface area contributed by atoms with E-state index in [0.717, 1.165) is 11.4 Å². The van der Waals surface area contributed by atoms with E-state index in [1.807, 2.05) is 0 Å². The van der Waals surface area contributed by atoms with Crippen LogP contribution < -0.4 is 26.2 Å². The number of benzene rings is 12. The van der Waals surface area contributed by atoms with Crippen LogP contribution in [0.1, 0.15) is 79.0 Å². The Bertz CT molecular complexity index is 4430. The number of hydrogen-bond donors (Lipinski definition) is 0. The zero-order chi connectivity index (χ0) is 56.9. The number of fused-ring (bicyclic) bond motifs is 6. The normalized spacial score (nSPS) is 13.0. The van der Waals surface area contributed by atoms with Crippen LogP contribution in [0.15, 0.2) is 255 Å². The molecule has 402 valence electrons. The molecule has 83 heavy (non-hydrogen) atoms. The molecule has 2 nitrogen and oxygen atoms in total. The molecule has 0 aliphatic carbocycles. The highest BCUT2D eigenvalue weighted by molar-refractivity contribution is 7.00. The summed E-state index contributed by atoms with van der Waals surface area (Å²) in [6.07, 6.45) is 0. The summed E-state index contributed by atoms with van der Waals surface area (Å²) in [4.78, 5) is 5.31. The van der Waals surface area contributed by atoms with E-state index in [1.165, 1.54) is 133 Å². The second kappa shape index (κ2) is 19.8. The predicted molar refractivity (Wildman–Crippen MR) is 359 cm³/mol. The van der Waals surface area contributed by atoms with Crippen LogP contribution in [0, 0.1) is 0 Å². The second-order valence-corrected chi connectivity index (χ2v) is 26.1. The van der Waals surface area contributed by atoms with Crippen molar-refractivity contribution < 1.29 is 0 Å². The summed E-state index contributed by atoms with van der Waals surface area (Å²) in [6.45, 7) is 21.0. The van der Waals surface area contributed by atoms with E-state index in [-0.39, 0.29) is 23.0 Å². The topological polar surface area (TPSA) is 6.48 Å². The molecule has 0 radical (unpaired) electrons. The Morgan fingerprint density at radius 2 is 0.639 bits per heavy atom. The third-order valence-electron chi connectivity index (χ3n) is 17.7. The molecule has 0 amide bonds. The van der Waals surface area contributed by atoms with Gasteiger partial charge in [0.25, 0.3) is 6.71 Å². The maximum atomic E-state index is 2.67. The summed E-state index contributed by atoms with van der Waals surface area (Å²) in [5.41, 5.74) is 26.6. The van der Waals surface area contributed by atoms with Crippen molar-refractivity contribution >= 4 is 78.8 Å². The van der Waals surface area contributed by atoms with Crippen molar-refractivity contribution in [3.63, 3.8) is 0 Å². The molecule has 2 aliphatic rings. The van der Waals surface area contributed by atoms with Crippen molar-refractivity contribution in [1.29, 1.82) is 0 Å². The third kappa shape index (κ3) is 8.88. The summed E-state index contributed by atoms with van der Waals surface area (Å²) in [7, 11) is 0. The molecule has 12 aromatic rings. The Morgan fingerprint density at radius 3 is 1.10 bits per heavy atom. The molecular formula is C80H69BN2. The summed E-state index contributed by atoms with van der Waals surface area (Å²) in [5, 5.41) is 4.97. The highest BCUT2D eigenvalue weighted by Crippen LogP contribution is 2.52. The summed E-state index contributed by atoms with van der Waals surface area (Å²) < 4.78 is 0. The molecule has 2 heterocycles. The highest BCUT2D eigenvalue weighted by atomic mass is 15.2. The molecule has 0 aromatic heterocycles. The van der Waals surface area contributed by atoms with E-state index < -0.39 is 0 Å². The van der Waals surface area contributed by atoms with Crippen LogP contribution in [0.4, 0.5) is 34.1 Å². The third-order valence-corrected chi connectivity index (χ3v) is 17.7. The first kappa shape index (κ1) is 51.9. The van der Waals surface area contributed by atoms with Crippen molar-refractivity contribution in [2.45, 2.75) is 78.6 Å². The molecule has 3 heteroatoms. The van der Waals surface area contributed by atoms with E-state index in [4.69, 9.17) is 0 Å². The first-order chi connectivity index (χ1) is 40.1. The minimum absolute atomic E-state index is 0.0621. The van der Waals surface area contributed by atoms with Crippen molar-refractivity contribution in [2.75, 3.05) is 9.80 Å². The zero-order valence-corrected chi connectivity index (χ0v) is 49.2. The van der Waals surface area contributed by atoms with E-state index in [0.29, 0.717) is 0 Å². The van der Waals surface area contributed by atoms with Crippen molar-refractivity contribution in [3.05, 3.63) is 271 Å². The lowest BCUT2D eigenvalue weighted by molar-refractivity contribution is 0.590. The number of anilines is 6. The van der Waals surface area contributed by atoms with Crippen LogP contribution in [0.5, 0.6) is 0 Å². The number of nitrogens with zero attached hydrogens (tertiary/aromatic N) is 2. The lowest BCUT2D eigenvalue weighted by Crippen LogP contribution is -2.61. The van der Waals surface area contributed by atoms with Gasteiger partial charge in [0, 0.05) is 33.9 Å². The van der Waals surface area contributed by atoms with Gasteiger partial charge < -0.3 is 9.80 Å². The Kier molecular flexibility index (Phi) is 12.4. The molecule has 12 aromatic carbocycles. The molecular weight excluding hydrogens is 1000 g/mol. The first-order valence-electron chi connectivity index (χ1n) is 29.6. The largest absolute Gasteiger partial charge is 0.311 e. The van der Waals surface area contributed by atoms with Crippen LogP contribution in [-0.4, -0.2) is 6.71 Å². The van der Waals surface area contributed by atoms with Crippen LogP contribution >= 0.6 is 0 Å². The average molecular weight is 1070 g/mol. The van der Waals surface area contributed by atoms with E-state index in [9.17, 15) is 0 Å². The number of hydrogen-bond acceptors (Lipinski definition) is 2. The predicted octanol–water partition coefficient (Wildman–Crippen LogP) is 20.3. The van der Waals surface area contributed by atoms with Gasteiger partial charge in [-0.15, -0.1) is 0 Å². The average Bonchev–Trinajstić information content (AvgIpc) is 0.979. The minimum atomic E-state index is -0.215. The maximum Gasteiger partial charge on any atom is 0.252 e. The first-order valence-corrected chi connectivity index (χ1v) is 29.6. The van der Waals surface area contributed by atoms with Gasteiger partial charge in [-0.05, 0) is 164 Å². The monoisotopic (exact) mass is 1070 g/mol. The lowest BCUT2D eigenvalue weighted by Gasteiger charge is -2.46. The fraction of sp³-hybridized carbons (Fsp3) is 0.150. The standard InChI is InChI=1S/C80H69BN2/c1-78(2,3)58-40-44-69(65(48-58)53-28-16-11-17-29-53)82-71-43-39-56(52-26-14-10-15-27-52)46-68(71)81-67-42-38-57(76-63-36-24-22-34-61(63)75(55-32-20-13-21-33-55)62-35-23-25-37-64(62)76)47-72(67)83(74-51-60(80(7,8)9)50-73(82)77(74)81)70-45-41-59(79(4,5)6)49-66(70)54-30-18-12-19-31-54/h10-51H,1-9H3. The molecule has 0 bridgehead atoms. The molecule has 0 unspecified atom stereocenters. The van der Waals surface area contributed by atoms with E-state index in [2.05, 4.69) is 327 Å². The van der Waals surface area contributed by atoms with Gasteiger partial charge >= 0.3 is 0 Å². The van der Waals surface area contributed by atoms with Crippen LogP contribution in [0.2, 0.25) is 0 Å². The zero-order valence-electron chi connectivity index (χ0n) is 49.2. The summed E-state index contributed by atoms with van der Waals surface area (Å²) in [5.74, 6) is 0. The van der Waals surface area contributed by atoms with Gasteiger partial charge in [0.15, 0.2) is 0 Å². The SMILES string of the molecule is CC(C)(C)c1ccc(N2c3ccc(-c4ccccc4)cc3B3c4ccc(-c5c6ccccc6c(-c6ccccc6)c6ccccc56)cc4N(c4ccc(C(C)(C)C)cc4-c4ccccc4)c4cc(C(C)(C)C)cc2c43)c(-c2ccccc2)c1. The molecule has 0 spiro atoms. The molecule has 0 saturated carbocycles. The Hall–Kier alpha value is -9.18. The van der Waals surface area contributed by atoms with Crippen molar-refractivity contribution in [2.24, 2.45) is 0 Å². The van der Waals surface area contributed by atoms with Gasteiger partial charge in [-0.3, -0.25) is 0 Å². The van der Waals surface area contributed by atoms with Gasteiger partial charge in [-0.25, -0.2) is 0 Å². The minimum Gasteiger partial charge on any atom is -0.311 e. The molecule has 14 rings (SSSR count). The van der Waals surface area contributed by atoms with Crippen LogP contribution in [-0.2, 0) is 16.2 Å². The summed E-state index contributed by atoms with van der Waals surface area (Å²) >= 11 is 0. The van der Waals surface area contributed by atoms with Crippen molar-refractivity contribution in [1.82, 2.24) is 0 Å². The molecule has 0 atom stereocenters. The lowest BCUT2D eigenvalue weighted by atomic mass is 9.33. The maximum absolute atomic E-state index is 2.67. The van der Waals surface area contributed by atoms with Gasteiger partial charge in [0.1, 0.15) is 0 Å². The molecule has 0 fully saturated rings. The fourth-order valence-corrected chi connectivity index (χ4v) is 13.4.